The van der Waals surface area contributed by atoms with E-state index < -0.39 is 10.8 Å². The summed E-state index contributed by atoms with van der Waals surface area (Å²) in [6, 6.07) is 4.20. The summed E-state index contributed by atoms with van der Waals surface area (Å²) in [6.07, 6.45) is 0.992. The molecule has 21 heavy (non-hydrogen) atoms. The third-order valence-corrected chi connectivity index (χ3v) is 5.61. The van der Waals surface area contributed by atoms with Crippen LogP contribution < -0.4 is 10.6 Å². The highest BCUT2D eigenvalue weighted by molar-refractivity contribution is 14.0. The standard InChI is InChI=1S/C14H25N3OS2.HI/c1-14(2,3)20(18)11-9-17-13(15-4)16-8-7-12-6-5-10-19-12;/h5-6,10H,7-9,11H2,1-4H3,(H2,15,16,17);1H. The van der Waals surface area contributed by atoms with Gasteiger partial charge in [0.05, 0.1) is 0 Å². The van der Waals surface area contributed by atoms with Crippen LogP contribution in [0.1, 0.15) is 25.6 Å². The van der Waals surface area contributed by atoms with Gasteiger partial charge in [-0.15, -0.1) is 35.3 Å². The molecule has 1 aromatic heterocycles. The zero-order valence-corrected chi connectivity index (χ0v) is 17.1. The van der Waals surface area contributed by atoms with Crippen molar-refractivity contribution >= 4 is 52.1 Å². The Morgan fingerprint density at radius 2 is 2.00 bits per heavy atom. The first-order chi connectivity index (χ1) is 9.43. The molecule has 0 saturated carbocycles. The molecule has 0 spiro atoms. The molecule has 4 nitrogen and oxygen atoms in total. The lowest BCUT2D eigenvalue weighted by molar-refractivity contribution is 0.647. The number of rotatable bonds is 6. The van der Waals surface area contributed by atoms with Crippen molar-refractivity contribution in [1.29, 1.82) is 0 Å². The number of hydrogen-bond acceptors (Lipinski definition) is 3. The summed E-state index contributed by atoms with van der Waals surface area (Å²) in [6.45, 7) is 7.51. The Morgan fingerprint density at radius 1 is 1.33 bits per heavy atom. The summed E-state index contributed by atoms with van der Waals surface area (Å²) >= 11 is 1.77. The van der Waals surface area contributed by atoms with Gasteiger partial charge in [-0.3, -0.25) is 9.20 Å². The fourth-order valence-electron chi connectivity index (χ4n) is 1.55. The molecule has 0 aliphatic rings. The summed E-state index contributed by atoms with van der Waals surface area (Å²) in [5, 5.41) is 8.56. The van der Waals surface area contributed by atoms with Gasteiger partial charge in [0.25, 0.3) is 0 Å². The van der Waals surface area contributed by atoms with Crippen LogP contribution in [0.15, 0.2) is 22.5 Å². The first-order valence-corrected chi connectivity index (χ1v) is 8.98. The van der Waals surface area contributed by atoms with Gasteiger partial charge >= 0.3 is 0 Å². The number of nitrogens with zero attached hydrogens (tertiary/aromatic N) is 1. The van der Waals surface area contributed by atoms with Crippen LogP contribution in [0.5, 0.6) is 0 Å². The summed E-state index contributed by atoms with van der Waals surface area (Å²) in [5.41, 5.74) is 0. The van der Waals surface area contributed by atoms with Gasteiger partial charge in [0.15, 0.2) is 5.96 Å². The Bertz CT molecular complexity index is 442. The number of aliphatic imine (C=N–C) groups is 1. The maximum absolute atomic E-state index is 11.9. The Kier molecular flexibility index (Phi) is 10.5. The fraction of sp³-hybridized carbons (Fsp3) is 0.643. The van der Waals surface area contributed by atoms with Crippen molar-refractivity contribution in [1.82, 2.24) is 10.6 Å². The van der Waals surface area contributed by atoms with Gasteiger partial charge in [-0.2, -0.15) is 0 Å². The van der Waals surface area contributed by atoms with Crippen molar-refractivity contribution in [2.45, 2.75) is 31.9 Å². The molecule has 0 bridgehead atoms. The molecular weight excluding hydrogens is 417 g/mol. The highest BCUT2D eigenvalue weighted by Gasteiger charge is 2.18. The van der Waals surface area contributed by atoms with Crippen LogP contribution in [-0.4, -0.2) is 40.8 Å². The van der Waals surface area contributed by atoms with Gasteiger partial charge in [-0.1, -0.05) is 6.07 Å². The molecule has 1 unspecified atom stereocenters. The monoisotopic (exact) mass is 443 g/mol. The van der Waals surface area contributed by atoms with Crippen LogP contribution in [-0.2, 0) is 17.2 Å². The Hall–Kier alpha value is -0.150. The van der Waals surface area contributed by atoms with Gasteiger partial charge < -0.3 is 10.6 Å². The number of thiophene rings is 1. The number of halogens is 1. The molecule has 0 radical (unpaired) electrons. The van der Waals surface area contributed by atoms with Crippen LogP contribution in [0.2, 0.25) is 0 Å². The van der Waals surface area contributed by atoms with Gasteiger partial charge in [0.2, 0.25) is 0 Å². The molecule has 2 N–H and O–H groups in total. The minimum Gasteiger partial charge on any atom is -0.356 e. The van der Waals surface area contributed by atoms with E-state index >= 15 is 0 Å². The highest BCUT2D eigenvalue weighted by Crippen LogP contribution is 2.10. The molecule has 1 rings (SSSR count). The van der Waals surface area contributed by atoms with E-state index in [4.69, 9.17) is 0 Å². The predicted octanol–water partition coefficient (Wildman–Crippen LogP) is 2.62. The third-order valence-electron chi connectivity index (χ3n) is 2.73. The molecule has 0 aliphatic heterocycles. The quantitative estimate of drug-likeness (QED) is 0.404. The van der Waals surface area contributed by atoms with E-state index in [1.165, 1.54) is 4.88 Å². The maximum atomic E-state index is 11.9. The van der Waals surface area contributed by atoms with E-state index in [0.717, 1.165) is 18.9 Å². The Balaban J connectivity index is 0.00000400. The van der Waals surface area contributed by atoms with Gasteiger partial charge in [-0.05, 0) is 38.6 Å². The SMILES string of the molecule is CN=C(NCCc1cccs1)NCCS(=O)C(C)(C)C.I. The van der Waals surface area contributed by atoms with Crippen molar-refractivity contribution in [2.75, 3.05) is 25.9 Å². The van der Waals surface area contributed by atoms with Crippen LogP contribution in [0, 0.1) is 0 Å². The molecule has 1 atom stereocenters. The molecule has 7 heteroatoms. The van der Waals surface area contributed by atoms with Crippen LogP contribution in [0.3, 0.4) is 0 Å². The topological polar surface area (TPSA) is 53.5 Å². The molecule has 0 fully saturated rings. The molecule has 0 aliphatic carbocycles. The largest absolute Gasteiger partial charge is 0.356 e. The molecule has 122 valence electrons. The molecule has 1 heterocycles. The lowest BCUT2D eigenvalue weighted by atomic mass is 10.3. The first-order valence-electron chi connectivity index (χ1n) is 6.79. The lowest BCUT2D eigenvalue weighted by Crippen LogP contribution is -2.41. The normalized spacial score (nSPS) is 13.4. The number of nitrogens with one attached hydrogen (secondary N) is 2. The minimum atomic E-state index is -0.829. The minimum absolute atomic E-state index is 0. The summed E-state index contributed by atoms with van der Waals surface area (Å²) in [7, 11) is 0.922. The van der Waals surface area contributed by atoms with Crippen LogP contribution in [0.4, 0.5) is 0 Å². The maximum Gasteiger partial charge on any atom is 0.191 e. The van der Waals surface area contributed by atoms with E-state index in [1.807, 2.05) is 20.8 Å². The van der Waals surface area contributed by atoms with E-state index in [-0.39, 0.29) is 28.7 Å². The van der Waals surface area contributed by atoms with Crippen molar-refractivity contribution in [3.05, 3.63) is 22.4 Å². The molecular formula is C14H26IN3OS2. The van der Waals surface area contributed by atoms with E-state index in [2.05, 4.69) is 33.1 Å². The van der Waals surface area contributed by atoms with Crippen molar-refractivity contribution in [3.63, 3.8) is 0 Å². The molecule has 0 amide bonds. The van der Waals surface area contributed by atoms with Crippen LogP contribution >= 0.6 is 35.3 Å². The van der Waals surface area contributed by atoms with Crippen molar-refractivity contribution in [3.8, 4) is 0 Å². The average Bonchev–Trinajstić information content (AvgIpc) is 2.88. The van der Waals surface area contributed by atoms with E-state index in [9.17, 15) is 4.21 Å². The second kappa shape index (κ2) is 10.6. The Morgan fingerprint density at radius 3 is 2.52 bits per heavy atom. The molecule has 1 aromatic rings. The van der Waals surface area contributed by atoms with Gasteiger partial charge in [-0.25, -0.2) is 0 Å². The third kappa shape index (κ3) is 8.77. The van der Waals surface area contributed by atoms with Crippen molar-refractivity contribution < 1.29 is 4.21 Å². The fourth-order valence-corrected chi connectivity index (χ4v) is 3.16. The molecule has 0 aromatic carbocycles. The zero-order chi connectivity index (χ0) is 15.0. The van der Waals surface area contributed by atoms with E-state index in [1.54, 1.807) is 18.4 Å². The smallest absolute Gasteiger partial charge is 0.191 e. The summed E-state index contributed by atoms with van der Waals surface area (Å²) < 4.78 is 11.8. The van der Waals surface area contributed by atoms with E-state index in [0.29, 0.717) is 12.3 Å². The summed E-state index contributed by atoms with van der Waals surface area (Å²) in [4.78, 5) is 5.53. The zero-order valence-electron chi connectivity index (χ0n) is 13.1. The second-order valence-electron chi connectivity index (χ2n) is 5.42. The lowest BCUT2D eigenvalue weighted by Gasteiger charge is -2.18. The average molecular weight is 443 g/mol. The van der Waals surface area contributed by atoms with Crippen molar-refractivity contribution in [2.24, 2.45) is 4.99 Å². The highest BCUT2D eigenvalue weighted by atomic mass is 127. The van der Waals surface area contributed by atoms with Crippen LogP contribution in [0.25, 0.3) is 0 Å². The second-order valence-corrected chi connectivity index (χ2v) is 8.77. The predicted molar refractivity (Wildman–Crippen MR) is 106 cm³/mol. The number of hydrogen-bond donors (Lipinski definition) is 2. The Labute approximate surface area is 151 Å². The van der Waals surface area contributed by atoms with Gasteiger partial charge in [0, 0.05) is 46.3 Å². The first kappa shape index (κ1) is 20.9. The van der Waals surface area contributed by atoms with Gasteiger partial charge in [0.1, 0.15) is 0 Å². The number of guanidine groups is 1. The summed E-state index contributed by atoms with van der Waals surface area (Å²) in [5.74, 6) is 1.40. The molecule has 0 saturated heterocycles.